The molecule has 1 rings (SSSR count). The first kappa shape index (κ1) is 11.7. The van der Waals surface area contributed by atoms with Crippen molar-refractivity contribution in [2.24, 2.45) is 0 Å². The molecule has 0 amide bonds. The Bertz CT molecular complexity index is 335. The van der Waals surface area contributed by atoms with Gasteiger partial charge >= 0.3 is 0 Å². The third kappa shape index (κ3) is 3.07. The molecule has 0 saturated carbocycles. The topological polar surface area (TPSA) is 53.6 Å². The average molecular weight is 206 g/mol. The van der Waals surface area contributed by atoms with E-state index in [1.54, 1.807) is 0 Å². The summed E-state index contributed by atoms with van der Waals surface area (Å²) in [7, 11) is 1.81. The Morgan fingerprint density at radius 2 is 2.33 bits per heavy atom. The van der Waals surface area contributed by atoms with Gasteiger partial charge in [0, 0.05) is 24.9 Å². The molecule has 1 aromatic rings. The molecule has 0 bridgehead atoms. The Balaban J connectivity index is 2.58. The fourth-order valence-corrected chi connectivity index (χ4v) is 1.55. The predicted molar refractivity (Wildman–Crippen MR) is 59.4 cm³/mol. The molecule has 0 aliphatic rings. The zero-order chi connectivity index (χ0) is 11.3. The summed E-state index contributed by atoms with van der Waals surface area (Å²) < 4.78 is 2.12. The highest BCUT2D eigenvalue weighted by Crippen LogP contribution is 2.12. The third-order valence-electron chi connectivity index (χ3n) is 2.43. The summed E-state index contributed by atoms with van der Waals surface area (Å²) in [5.74, 6) is 1.51. The standard InChI is InChI=1S/C11H18N4/c1-9(2)11-14-5-7-15(11)6-4-10(8-12)13-3/h5,7,9-10,13H,4,6H2,1-3H3. The van der Waals surface area contributed by atoms with Crippen molar-refractivity contribution in [3.05, 3.63) is 18.2 Å². The highest BCUT2D eigenvalue weighted by Gasteiger charge is 2.09. The van der Waals surface area contributed by atoms with Crippen molar-refractivity contribution in [3.8, 4) is 6.07 Å². The smallest absolute Gasteiger partial charge is 0.111 e. The van der Waals surface area contributed by atoms with Gasteiger partial charge in [-0.15, -0.1) is 0 Å². The minimum absolute atomic E-state index is 0.0765. The molecule has 4 nitrogen and oxygen atoms in total. The van der Waals surface area contributed by atoms with Gasteiger partial charge in [-0.1, -0.05) is 13.8 Å². The summed E-state index contributed by atoms with van der Waals surface area (Å²) in [6, 6.07) is 2.14. The molecule has 0 saturated heterocycles. The molecule has 0 fully saturated rings. The molecule has 82 valence electrons. The number of aryl methyl sites for hydroxylation is 1. The Morgan fingerprint density at radius 3 is 2.87 bits per heavy atom. The first-order chi connectivity index (χ1) is 7.19. The monoisotopic (exact) mass is 206 g/mol. The lowest BCUT2D eigenvalue weighted by atomic mass is 10.2. The van der Waals surface area contributed by atoms with Crippen LogP contribution in [0.15, 0.2) is 12.4 Å². The maximum atomic E-state index is 8.80. The Hall–Kier alpha value is -1.34. The van der Waals surface area contributed by atoms with Crippen LogP contribution in [0.25, 0.3) is 0 Å². The first-order valence-electron chi connectivity index (χ1n) is 5.27. The minimum Gasteiger partial charge on any atom is -0.335 e. The van der Waals surface area contributed by atoms with Crippen molar-refractivity contribution in [2.75, 3.05) is 7.05 Å². The van der Waals surface area contributed by atoms with E-state index in [0.717, 1.165) is 18.8 Å². The molecule has 0 radical (unpaired) electrons. The second kappa shape index (κ2) is 5.52. The number of hydrogen-bond acceptors (Lipinski definition) is 3. The Kier molecular flexibility index (Phi) is 4.32. The van der Waals surface area contributed by atoms with Crippen molar-refractivity contribution in [2.45, 2.75) is 38.8 Å². The molecule has 0 aliphatic carbocycles. The molecule has 0 spiro atoms. The van der Waals surface area contributed by atoms with Gasteiger partial charge < -0.3 is 9.88 Å². The van der Waals surface area contributed by atoms with Crippen molar-refractivity contribution in [3.63, 3.8) is 0 Å². The van der Waals surface area contributed by atoms with Crippen LogP contribution in [0.4, 0.5) is 0 Å². The van der Waals surface area contributed by atoms with Crippen molar-refractivity contribution >= 4 is 0 Å². The number of imidazole rings is 1. The molecule has 15 heavy (non-hydrogen) atoms. The summed E-state index contributed by atoms with van der Waals surface area (Å²) in [6.45, 7) is 5.09. The van der Waals surface area contributed by atoms with E-state index in [4.69, 9.17) is 5.26 Å². The van der Waals surface area contributed by atoms with E-state index in [1.165, 1.54) is 0 Å². The molecule has 0 aliphatic heterocycles. The van der Waals surface area contributed by atoms with Crippen LogP contribution in [0.2, 0.25) is 0 Å². The van der Waals surface area contributed by atoms with Gasteiger partial charge in [-0.25, -0.2) is 4.98 Å². The number of nitriles is 1. The number of rotatable bonds is 5. The van der Waals surface area contributed by atoms with Crippen LogP contribution in [0.1, 0.15) is 32.0 Å². The van der Waals surface area contributed by atoms with Crippen LogP contribution in [-0.4, -0.2) is 22.6 Å². The maximum absolute atomic E-state index is 8.80. The van der Waals surface area contributed by atoms with Crippen LogP contribution in [0, 0.1) is 11.3 Å². The molecule has 4 heteroatoms. The quantitative estimate of drug-likeness (QED) is 0.794. The van der Waals surface area contributed by atoms with Gasteiger partial charge in [0.15, 0.2) is 0 Å². The summed E-state index contributed by atoms with van der Waals surface area (Å²) in [6.07, 6.45) is 4.60. The van der Waals surface area contributed by atoms with Crippen LogP contribution >= 0.6 is 0 Å². The van der Waals surface area contributed by atoms with E-state index in [9.17, 15) is 0 Å². The normalized spacial score (nSPS) is 12.7. The van der Waals surface area contributed by atoms with E-state index >= 15 is 0 Å². The molecule has 0 aromatic carbocycles. The molecule has 1 heterocycles. The number of nitrogens with zero attached hydrogens (tertiary/aromatic N) is 3. The van der Waals surface area contributed by atoms with Gasteiger partial charge in [0.1, 0.15) is 5.82 Å². The highest BCUT2D eigenvalue weighted by molar-refractivity contribution is 4.98. The fraction of sp³-hybridized carbons (Fsp3) is 0.636. The van der Waals surface area contributed by atoms with Crippen molar-refractivity contribution < 1.29 is 0 Å². The second-order valence-corrected chi connectivity index (χ2v) is 3.89. The molecule has 1 atom stereocenters. The lowest BCUT2D eigenvalue weighted by Gasteiger charge is -2.12. The minimum atomic E-state index is -0.0765. The van der Waals surface area contributed by atoms with Crippen molar-refractivity contribution in [1.82, 2.24) is 14.9 Å². The zero-order valence-corrected chi connectivity index (χ0v) is 9.57. The highest BCUT2D eigenvalue weighted by atomic mass is 15.1. The van der Waals surface area contributed by atoms with Crippen LogP contribution in [0.3, 0.4) is 0 Å². The fourth-order valence-electron chi connectivity index (χ4n) is 1.55. The van der Waals surface area contributed by atoms with Gasteiger partial charge in [0.2, 0.25) is 0 Å². The molecule has 1 unspecified atom stereocenters. The predicted octanol–water partition coefficient (Wildman–Crippen LogP) is 1.51. The van der Waals surface area contributed by atoms with E-state index in [2.05, 4.69) is 34.8 Å². The summed E-state index contributed by atoms with van der Waals surface area (Å²) >= 11 is 0. The lowest BCUT2D eigenvalue weighted by Crippen LogP contribution is -2.25. The Labute approximate surface area is 90.9 Å². The first-order valence-corrected chi connectivity index (χ1v) is 5.27. The number of hydrogen-bond donors (Lipinski definition) is 1. The van der Waals surface area contributed by atoms with Gasteiger partial charge in [0.05, 0.1) is 12.1 Å². The number of nitrogens with one attached hydrogen (secondary N) is 1. The second-order valence-electron chi connectivity index (χ2n) is 3.89. The molecular formula is C11H18N4. The molecular weight excluding hydrogens is 188 g/mol. The van der Waals surface area contributed by atoms with E-state index in [0.29, 0.717) is 5.92 Å². The Morgan fingerprint density at radius 1 is 1.60 bits per heavy atom. The van der Waals surface area contributed by atoms with E-state index in [-0.39, 0.29) is 6.04 Å². The van der Waals surface area contributed by atoms with E-state index < -0.39 is 0 Å². The summed E-state index contributed by atoms with van der Waals surface area (Å²) in [4.78, 5) is 4.30. The SMILES string of the molecule is CNC(C#N)CCn1ccnc1C(C)C. The van der Waals surface area contributed by atoms with Gasteiger partial charge in [-0.3, -0.25) is 0 Å². The molecule has 1 aromatic heterocycles. The van der Waals surface area contributed by atoms with Gasteiger partial charge in [0.25, 0.3) is 0 Å². The van der Waals surface area contributed by atoms with Gasteiger partial charge in [-0.2, -0.15) is 5.26 Å². The largest absolute Gasteiger partial charge is 0.335 e. The zero-order valence-electron chi connectivity index (χ0n) is 9.57. The third-order valence-corrected chi connectivity index (χ3v) is 2.43. The van der Waals surface area contributed by atoms with Gasteiger partial charge in [-0.05, 0) is 13.5 Å². The average Bonchev–Trinajstić information content (AvgIpc) is 2.67. The van der Waals surface area contributed by atoms with E-state index in [1.807, 2.05) is 19.4 Å². The summed E-state index contributed by atoms with van der Waals surface area (Å²) in [5, 5.41) is 11.8. The molecule has 1 N–H and O–H groups in total. The summed E-state index contributed by atoms with van der Waals surface area (Å²) in [5.41, 5.74) is 0. The number of aromatic nitrogens is 2. The van der Waals surface area contributed by atoms with Crippen LogP contribution < -0.4 is 5.32 Å². The van der Waals surface area contributed by atoms with Crippen molar-refractivity contribution in [1.29, 1.82) is 5.26 Å². The van der Waals surface area contributed by atoms with Crippen LogP contribution in [-0.2, 0) is 6.54 Å². The van der Waals surface area contributed by atoms with Crippen LogP contribution in [0.5, 0.6) is 0 Å². The lowest BCUT2D eigenvalue weighted by molar-refractivity contribution is 0.529. The maximum Gasteiger partial charge on any atom is 0.111 e.